The molecule has 0 N–H and O–H groups in total. The Balaban J connectivity index is 2.17. The molecule has 0 unspecified atom stereocenters. The van der Waals surface area contributed by atoms with Gasteiger partial charge in [0.1, 0.15) is 5.75 Å². The third kappa shape index (κ3) is 3.10. The maximum absolute atomic E-state index is 8.96. The van der Waals surface area contributed by atoms with Crippen LogP contribution in [0, 0.1) is 18.3 Å². The van der Waals surface area contributed by atoms with E-state index < -0.39 is 0 Å². The molecule has 2 aromatic rings. The second-order valence-corrected chi connectivity index (χ2v) is 4.82. The molecule has 2 aromatic carbocycles. The van der Waals surface area contributed by atoms with Crippen molar-refractivity contribution in [1.29, 1.82) is 5.26 Å². The summed E-state index contributed by atoms with van der Waals surface area (Å²) in [5.41, 5.74) is 4.02. The predicted molar refractivity (Wildman–Crippen MR) is 81.0 cm³/mol. The molecule has 0 amide bonds. The normalized spacial score (nSPS) is 9.90. The minimum absolute atomic E-state index is 0.725. The van der Waals surface area contributed by atoms with Crippen LogP contribution >= 0.6 is 0 Å². The molecule has 102 valence electrons. The second-order valence-electron chi connectivity index (χ2n) is 4.82. The number of methoxy groups -OCH3 is 1. The number of hydrogen-bond acceptors (Lipinski definition) is 3. The van der Waals surface area contributed by atoms with Crippen LogP contribution in [-0.4, -0.2) is 14.2 Å². The highest BCUT2D eigenvalue weighted by Crippen LogP contribution is 2.21. The van der Waals surface area contributed by atoms with Gasteiger partial charge >= 0.3 is 0 Å². The van der Waals surface area contributed by atoms with Crippen molar-refractivity contribution in [3.05, 3.63) is 59.2 Å². The first kappa shape index (κ1) is 14.0. The monoisotopic (exact) mass is 266 g/mol. The van der Waals surface area contributed by atoms with Gasteiger partial charge in [-0.1, -0.05) is 12.1 Å². The molecule has 3 heteroatoms. The van der Waals surface area contributed by atoms with E-state index in [0.717, 1.165) is 29.1 Å². The summed E-state index contributed by atoms with van der Waals surface area (Å²) in [5.74, 6) is 0.868. The molecule has 0 saturated carbocycles. The molecular formula is C17H18N2O. The van der Waals surface area contributed by atoms with Crippen molar-refractivity contribution in [3.8, 4) is 11.8 Å². The molecule has 0 atom stereocenters. The number of hydrogen-bond donors (Lipinski definition) is 0. The number of ether oxygens (including phenoxy) is 1. The maximum Gasteiger partial charge on any atom is 0.119 e. The van der Waals surface area contributed by atoms with Crippen LogP contribution in [0.5, 0.6) is 5.75 Å². The summed E-state index contributed by atoms with van der Waals surface area (Å²) in [6.45, 7) is 2.75. The van der Waals surface area contributed by atoms with Crippen LogP contribution in [0.4, 0.5) is 5.69 Å². The first-order valence-corrected chi connectivity index (χ1v) is 6.49. The first-order valence-electron chi connectivity index (χ1n) is 6.49. The van der Waals surface area contributed by atoms with E-state index in [0.29, 0.717) is 0 Å². The minimum atomic E-state index is 0.725. The van der Waals surface area contributed by atoms with Crippen molar-refractivity contribution in [2.24, 2.45) is 0 Å². The van der Waals surface area contributed by atoms with Crippen molar-refractivity contribution in [2.45, 2.75) is 13.5 Å². The minimum Gasteiger partial charge on any atom is -0.497 e. The van der Waals surface area contributed by atoms with Crippen molar-refractivity contribution in [2.75, 3.05) is 19.1 Å². The molecule has 0 spiro atoms. The number of nitrogens with zero attached hydrogens (tertiary/aromatic N) is 2. The van der Waals surface area contributed by atoms with E-state index in [1.807, 2.05) is 50.4 Å². The molecule has 0 bridgehead atoms. The highest BCUT2D eigenvalue weighted by Gasteiger charge is 2.05. The number of anilines is 1. The summed E-state index contributed by atoms with van der Waals surface area (Å²) in [5, 5.41) is 8.96. The van der Waals surface area contributed by atoms with Crippen molar-refractivity contribution >= 4 is 5.69 Å². The third-order valence-corrected chi connectivity index (χ3v) is 3.33. The Morgan fingerprint density at radius 1 is 1.20 bits per heavy atom. The maximum atomic E-state index is 8.96. The Hall–Kier alpha value is -2.47. The quantitative estimate of drug-likeness (QED) is 0.849. The van der Waals surface area contributed by atoms with Crippen molar-refractivity contribution in [3.63, 3.8) is 0 Å². The number of rotatable bonds is 4. The average Bonchev–Trinajstić information content (AvgIpc) is 2.47. The Kier molecular flexibility index (Phi) is 4.27. The smallest absolute Gasteiger partial charge is 0.119 e. The van der Waals surface area contributed by atoms with Crippen LogP contribution in [0.2, 0.25) is 0 Å². The van der Waals surface area contributed by atoms with Crippen LogP contribution in [0.3, 0.4) is 0 Å². The van der Waals surface area contributed by atoms with Crippen LogP contribution in [-0.2, 0) is 6.54 Å². The Morgan fingerprint density at radius 2 is 2.00 bits per heavy atom. The van der Waals surface area contributed by atoms with Crippen LogP contribution < -0.4 is 9.64 Å². The lowest BCUT2D eigenvalue weighted by atomic mass is 10.1. The molecule has 0 aliphatic heterocycles. The third-order valence-electron chi connectivity index (χ3n) is 3.33. The SMILES string of the molecule is COc1cccc(CN(C)c2ccc(C#N)c(C)c2)c1. The molecular weight excluding hydrogens is 248 g/mol. The van der Waals surface area contributed by atoms with Gasteiger partial charge < -0.3 is 9.64 Å². The lowest BCUT2D eigenvalue weighted by Gasteiger charge is -2.20. The van der Waals surface area contributed by atoms with Gasteiger partial charge in [0.05, 0.1) is 18.7 Å². The van der Waals surface area contributed by atoms with Gasteiger partial charge in [-0.25, -0.2) is 0 Å². The van der Waals surface area contributed by atoms with E-state index >= 15 is 0 Å². The summed E-state index contributed by atoms with van der Waals surface area (Å²) < 4.78 is 5.24. The highest BCUT2D eigenvalue weighted by molar-refractivity contribution is 5.53. The summed E-state index contributed by atoms with van der Waals surface area (Å²) in [6.07, 6.45) is 0. The predicted octanol–water partition coefficient (Wildman–Crippen LogP) is 3.51. The Morgan fingerprint density at radius 3 is 2.65 bits per heavy atom. The van der Waals surface area contributed by atoms with E-state index in [-0.39, 0.29) is 0 Å². The second kappa shape index (κ2) is 6.12. The molecule has 3 nitrogen and oxygen atoms in total. The average molecular weight is 266 g/mol. The van der Waals surface area contributed by atoms with E-state index in [2.05, 4.69) is 17.0 Å². The summed E-state index contributed by atoms with van der Waals surface area (Å²) in [4.78, 5) is 2.16. The summed E-state index contributed by atoms with van der Waals surface area (Å²) >= 11 is 0. The number of benzene rings is 2. The van der Waals surface area contributed by atoms with Gasteiger partial charge in [0, 0.05) is 19.3 Å². The van der Waals surface area contributed by atoms with Crippen LogP contribution in [0.1, 0.15) is 16.7 Å². The van der Waals surface area contributed by atoms with E-state index in [4.69, 9.17) is 10.00 Å². The summed E-state index contributed by atoms with van der Waals surface area (Å²) in [6, 6.07) is 16.1. The van der Waals surface area contributed by atoms with Crippen LogP contribution in [0.15, 0.2) is 42.5 Å². The lowest BCUT2D eigenvalue weighted by molar-refractivity contribution is 0.414. The van der Waals surface area contributed by atoms with E-state index in [1.165, 1.54) is 5.56 Å². The fourth-order valence-corrected chi connectivity index (χ4v) is 2.15. The highest BCUT2D eigenvalue weighted by atomic mass is 16.5. The van der Waals surface area contributed by atoms with Crippen LogP contribution in [0.25, 0.3) is 0 Å². The molecule has 0 saturated heterocycles. The van der Waals surface area contributed by atoms with Gasteiger partial charge in [0.2, 0.25) is 0 Å². The van der Waals surface area contributed by atoms with Gasteiger partial charge in [0.25, 0.3) is 0 Å². The molecule has 0 heterocycles. The standard InChI is InChI=1S/C17H18N2O/c1-13-9-16(8-7-15(13)11-18)19(2)12-14-5-4-6-17(10-14)20-3/h4-10H,12H2,1-3H3. The van der Waals surface area contributed by atoms with E-state index in [1.54, 1.807) is 7.11 Å². The zero-order chi connectivity index (χ0) is 14.5. The Bertz CT molecular complexity index is 644. The fourth-order valence-electron chi connectivity index (χ4n) is 2.15. The molecule has 20 heavy (non-hydrogen) atoms. The largest absolute Gasteiger partial charge is 0.497 e. The number of aryl methyl sites for hydroxylation is 1. The van der Waals surface area contributed by atoms with Gasteiger partial charge in [0.15, 0.2) is 0 Å². The molecule has 0 aliphatic rings. The fraction of sp³-hybridized carbons (Fsp3) is 0.235. The van der Waals surface area contributed by atoms with E-state index in [9.17, 15) is 0 Å². The topological polar surface area (TPSA) is 36.3 Å². The van der Waals surface area contributed by atoms with Crippen molar-refractivity contribution < 1.29 is 4.74 Å². The summed E-state index contributed by atoms with van der Waals surface area (Å²) in [7, 11) is 3.72. The molecule has 0 aromatic heterocycles. The van der Waals surface area contributed by atoms with Gasteiger partial charge in [-0.15, -0.1) is 0 Å². The number of nitriles is 1. The zero-order valence-corrected chi connectivity index (χ0v) is 12.1. The molecule has 0 radical (unpaired) electrons. The van der Waals surface area contributed by atoms with Crippen molar-refractivity contribution in [1.82, 2.24) is 0 Å². The lowest BCUT2D eigenvalue weighted by Crippen LogP contribution is -2.16. The van der Waals surface area contributed by atoms with Gasteiger partial charge in [-0.2, -0.15) is 5.26 Å². The zero-order valence-electron chi connectivity index (χ0n) is 12.1. The Labute approximate surface area is 120 Å². The first-order chi connectivity index (χ1) is 9.63. The van der Waals surface area contributed by atoms with Gasteiger partial charge in [-0.3, -0.25) is 0 Å². The van der Waals surface area contributed by atoms with Gasteiger partial charge in [-0.05, 0) is 48.4 Å². The molecule has 0 aliphatic carbocycles. The molecule has 0 fully saturated rings. The molecule has 2 rings (SSSR count).